The van der Waals surface area contributed by atoms with Gasteiger partial charge in [-0.15, -0.1) is 0 Å². The van der Waals surface area contributed by atoms with Gasteiger partial charge >= 0.3 is 4.87 Å². The highest BCUT2D eigenvalue weighted by atomic mass is 32.1. The zero-order valence-corrected chi connectivity index (χ0v) is 11.2. The molecule has 0 fully saturated rings. The van der Waals surface area contributed by atoms with E-state index in [0.717, 1.165) is 10.6 Å². The Morgan fingerprint density at radius 2 is 2.19 bits per heavy atom. The molecule has 1 aromatic rings. The highest BCUT2D eigenvalue weighted by Crippen LogP contribution is 2.09. The van der Waals surface area contributed by atoms with Gasteiger partial charge in [0.1, 0.15) is 0 Å². The van der Waals surface area contributed by atoms with E-state index in [-0.39, 0.29) is 10.8 Å². The summed E-state index contributed by atoms with van der Waals surface area (Å²) in [5.41, 5.74) is 0.956. The van der Waals surface area contributed by atoms with Gasteiger partial charge in [-0.1, -0.05) is 11.3 Å². The molecule has 1 N–H and O–H groups in total. The van der Waals surface area contributed by atoms with Crippen molar-refractivity contribution < 1.29 is 4.79 Å². The van der Waals surface area contributed by atoms with Gasteiger partial charge in [0.15, 0.2) is 0 Å². The fourth-order valence-corrected chi connectivity index (χ4v) is 2.31. The smallest absolute Gasteiger partial charge is 0.307 e. The molecular formula is C10H16N2O2S2. The Morgan fingerprint density at radius 1 is 1.50 bits per heavy atom. The summed E-state index contributed by atoms with van der Waals surface area (Å²) >= 11 is 5.23. The molecular weight excluding hydrogens is 244 g/mol. The van der Waals surface area contributed by atoms with E-state index in [1.54, 1.807) is 4.57 Å². The standard InChI is InChI=1S/C10H16N2O2S2/c1-7-8(2)16-10(14)12(7)5-3-9(13)11-4-6-15/h15H,3-6H2,1-2H3,(H,11,13). The third-order valence-corrected chi connectivity index (χ3v) is 3.59. The van der Waals surface area contributed by atoms with E-state index in [9.17, 15) is 9.59 Å². The van der Waals surface area contributed by atoms with Gasteiger partial charge in [-0.3, -0.25) is 9.59 Å². The maximum Gasteiger partial charge on any atom is 0.307 e. The summed E-state index contributed by atoms with van der Waals surface area (Å²) in [7, 11) is 0. The van der Waals surface area contributed by atoms with E-state index in [0.29, 0.717) is 25.3 Å². The van der Waals surface area contributed by atoms with Gasteiger partial charge in [0.25, 0.3) is 0 Å². The van der Waals surface area contributed by atoms with E-state index in [1.807, 2.05) is 13.8 Å². The molecule has 0 saturated carbocycles. The average molecular weight is 260 g/mol. The van der Waals surface area contributed by atoms with Crippen LogP contribution in [0.3, 0.4) is 0 Å². The Hall–Kier alpha value is -0.750. The number of aromatic nitrogens is 1. The SMILES string of the molecule is Cc1sc(=O)n(CCC(=O)NCCS)c1C. The summed E-state index contributed by atoms with van der Waals surface area (Å²) in [4.78, 5) is 23.9. The molecule has 6 heteroatoms. The molecule has 4 nitrogen and oxygen atoms in total. The summed E-state index contributed by atoms with van der Waals surface area (Å²) in [6, 6.07) is 0. The second-order valence-electron chi connectivity index (χ2n) is 3.48. The largest absolute Gasteiger partial charge is 0.355 e. The van der Waals surface area contributed by atoms with Crippen LogP contribution in [0.4, 0.5) is 0 Å². The van der Waals surface area contributed by atoms with Gasteiger partial charge in [0.05, 0.1) is 0 Å². The lowest BCUT2D eigenvalue weighted by Crippen LogP contribution is -2.27. The molecule has 16 heavy (non-hydrogen) atoms. The van der Waals surface area contributed by atoms with Crippen LogP contribution in [0.1, 0.15) is 17.0 Å². The number of nitrogens with one attached hydrogen (secondary N) is 1. The van der Waals surface area contributed by atoms with Gasteiger partial charge in [-0.25, -0.2) is 0 Å². The van der Waals surface area contributed by atoms with Crippen molar-refractivity contribution in [3.8, 4) is 0 Å². The molecule has 0 radical (unpaired) electrons. The van der Waals surface area contributed by atoms with Crippen molar-refractivity contribution in [1.29, 1.82) is 0 Å². The second-order valence-corrected chi connectivity index (χ2v) is 5.10. The lowest BCUT2D eigenvalue weighted by Gasteiger charge is -2.05. The van der Waals surface area contributed by atoms with Crippen molar-refractivity contribution in [3.05, 3.63) is 20.2 Å². The number of nitrogens with zero attached hydrogens (tertiary/aromatic N) is 1. The number of hydrogen-bond donors (Lipinski definition) is 2. The van der Waals surface area contributed by atoms with E-state index in [4.69, 9.17) is 0 Å². The molecule has 0 bridgehead atoms. The minimum Gasteiger partial charge on any atom is -0.355 e. The Bertz CT molecular complexity index is 423. The van der Waals surface area contributed by atoms with Crippen molar-refractivity contribution >= 4 is 29.9 Å². The number of carbonyl (C=O) groups is 1. The number of thiol groups is 1. The Morgan fingerprint density at radius 3 is 2.69 bits per heavy atom. The fraction of sp³-hybridized carbons (Fsp3) is 0.600. The third kappa shape index (κ3) is 3.38. The summed E-state index contributed by atoms with van der Waals surface area (Å²) in [6.07, 6.45) is 0.338. The van der Waals surface area contributed by atoms with Crippen LogP contribution in [-0.2, 0) is 11.3 Å². The minimum absolute atomic E-state index is 0.0111. The first kappa shape index (κ1) is 13.3. The Labute approximate surface area is 104 Å². The zero-order valence-electron chi connectivity index (χ0n) is 9.45. The van der Waals surface area contributed by atoms with Gasteiger partial charge in [0.2, 0.25) is 5.91 Å². The quantitative estimate of drug-likeness (QED) is 0.775. The maximum atomic E-state index is 11.5. The lowest BCUT2D eigenvalue weighted by molar-refractivity contribution is -0.121. The van der Waals surface area contributed by atoms with E-state index in [2.05, 4.69) is 17.9 Å². The number of hydrogen-bond acceptors (Lipinski definition) is 4. The van der Waals surface area contributed by atoms with Crippen molar-refractivity contribution in [2.45, 2.75) is 26.8 Å². The Kier molecular flexibility index (Phi) is 5.08. The maximum absolute atomic E-state index is 11.5. The first-order chi connectivity index (χ1) is 7.56. The number of thiazole rings is 1. The van der Waals surface area contributed by atoms with Crippen molar-refractivity contribution in [2.75, 3.05) is 12.3 Å². The summed E-state index contributed by atoms with van der Waals surface area (Å²) in [5, 5.41) is 2.72. The molecule has 0 unspecified atom stereocenters. The monoisotopic (exact) mass is 260 g/mol. The van der Waals surface area contributed by atoms with Gasteiger partial charge in [-0.2, -0.15) is 12.6 Å². The molecule has 0 aliphatic rings. The lowest BCUT2D eigenvalue weighted by atomic mass is 10.3. The highest BCUT2D eigenvalue weighted by Gasteiger charge is 2.08. The molecule has 0 saturated heterocycles. The van der Waals surface area contributed by atoms with Crippen LogP contribution in [0.25, 0.3) is 0 Å². The Balaban J connectivity index is 2.55. The minimum atomic E-state index is -0.0378. The molecule has 0 aromatic carbocycles. The van der Waals surface area contributed by atoms with Crippen LogP contribution in [-0.4, -0.2) is 22.8 Å². The topological polar surface area (TPSA) is 51.1 Å². The summed E-state index contributed by atoms with van der Waals surface area (Å²) in [5.74, 6) is 0.589. The molecule has 0 atom stereocenters. The molecule has 0 aliphatic carbocycles. The van der Waals surface area contributed by atoms with Crippen LogP contribution >= 0.6 is 24.0 Å². The molecule has 1 amide bonds. The molecule has 0 aliphatic heterocycles. The number of aryl methyl sites for hydroxylation is 1. The molecule has 90 valence electrons. The zero-order chi connectivity index (χ0) is 12.1. The predicted molar refractivity (Wildman–Crippen MR) is 69.5 cm³/mol. The second kappa shape index (κ2) is 6.10. The van der Waals surface area contributed by atoms with E-state index >= 15 is 0 Å². The third-order valence-electron chi connectivity index (χ3n) is 2.37. The fourth-order valence-electron chi connectivity index (χ4n) is 1.34. The number of carbonyl (C=O) groups excluding carboxylic acids is 1. The summed E-state index contributed by atoms with van der Waals surface area (Å²) in [6.45, 7) is 4.84. The van der Waals surface area contributed by atoms with Gasteiger partial charge < -0.3 is 9.88 Å². The van der Waals surface area contributed by atoms with Crippen LogP contribution < -0.4 is 10.2 Å². The van der Waals surface area contributed by atoms with Gasteiger partial charge in [-0.05, 0) is 13.8 Å². The predicted octanol–water partition coefficient (Wildman–Crippen LogP) is 0.963. The number of rotatable bonds is 5. The first-order valence-corrected chi connectivity index (χ1v) is 6.55. The molecule has 1 heterocycles. The van der Waals surface area contributed by atoms with E-state index in [1.165, 1.54) is 11.3 Å². The normalized spacial score (nSPS) is 10.4. The van der Waals surface area contributed by atoms with Crippen molar-refractivity contribution in [3.63, 3.8) is 0 Å². The average Bonchev–Trinajstić information content (AvgIpc) is 2.48. The van der Waals surface area contributed by atoms with Crippen LogP contribution in [0, 0.1) is 13.8 Å². The first-order valence-electron chi connectivity index (χ1n) is 5.10. The molecule has 1 aromatic heterocycles. The molecule has 0 spiro atoms. The highest BCUT2D eigenvalue weighted by molar-refractivity contribution is 7.80. The van der Waals surface area contributed by atoms with Crippen LogP contribution in [0.2, 0.25) is 0 Å². The number of amides is 1. The molecule has 1 rings (SSSR count). The van der Waals surface area contributed by atoms with Crippen LogP contribution in [0.15, 0.2) is 4.79 Å². The summed E-state index contributed by atoms with van der Waals surface area (Å²) < 4.78 is 1.65. The van der Waals surface area contributed by atoms with Crippen LogP contribution in [0.5, 0.6) is 0 Å². The van der Waals surface area contributed by atoms with Crippen molar-refractivity contribution in [1.82, 2.24) is 9.88 Å². The van der Waals surface area contributed by atoms with E-state index < -0.39 is 0 Å². The van der Waals surface area contributed by atoms with Crippen molar-refractivity contribution in [2.24, 2.45) is 0 Å². The van der Waals surface area contributed by atoms with Gasteiger partial charge in [0, 0.05) is 35.8 Å².